The summed E-state index contributed by atoms with van der Waals surface area (Å²) in [5.41, 5.74) is 6.32. The van der Waals surface area contributed by atoms with Gasteiger partial charge in [-0.05, 0) is 37.0 Å². The highest BCUT2D eigenvalue weighted by Crippen LogP contribution is 2.49. The van der Waals surface area contributed by atoms with Crippen LogP contribution in [0.25, 0.3) is 0 Å². The molecule has 3 heterocycles. The van der Waals surface area contributed by atoms with Gasteiger partial charge < -0.3 is 10.6 Å². The molecule has 1 unspecified atom stereocenters. The number of amidine groups is 1. The lowest BCUT2D eigenvalue weighted by Gasteiger charge is -2.23. The van der Waals surface area contributed by atoms with Gasteiger partial charge in [0, 0.05) is 34.5 Å². The Labute approximate surface area is 203 Å². The van der Waals surface area contributed by atoms with E-state index in [0.717, 1.165) is 32.4 Å². The van der Waals surface area contributed by atoms with E-state index in [4.69, 9.17) is 11.6 Å². The van der Waals surface area contributed by atoms with Crippen LogP contribution in [0.2, 0.25) is 5.02 Å². The Balaban J connectivity index is 1.42. The van der Waals surface area contributed by atoms with E-state index in [9.17, 15) is 18.0 Å². The van der Waals surface area contributed by atoms with Gasteiger partial charge in [0.2, 0.25) is 5.91 Å². The van der Waals surface area contributed by atoms with Crippen molar-refractivity contribution >= 4 is 39.7 Å². The average molecular weight is 514 g/mol. The number of halogens is 4. The monoisotopic (exact) mass is 513 g/mol. The molecule has 182 valence electrons. The van der Waals surface area contributed by atoms with Crippen molar-refractivity contribution in [2.45, 2.75) is 38.3 Å². The highest BCUT2D eigenvalue weighted by Gasteiger charge is 2.42. The van der Waals surface area contributed by atoms with E-state index in [1.165, 1.54) is 0 Å². The smallest absolute Gasteiger partial charge is 0.354 e. The third-order valence-electron chi connectivity index (χ3n) is 6.31. The molecule has 0 radical (unpaired) electrons. The number of rotatable bonds is 5. The van der Waals surface area contributed by atoms with Crippen LogP contribution in [-0.2, 0) is 22.4 Å². The van der Waals surface area contributed by atoms with Gasteiger partial charge in [0.25, 0.3) is 0 Å². The summed E-state index contributed by atoms with van der Waals surface area (Å²) in [6, 6.07) is 7.54. The number of carbonyl (C=O) groups is 1. The summed E-state index contributed by atoms with van der Waals surface area (Å²) < 4.78 is 40.3. The number of thiophene rings is 1. The maximum absolute atomic E-state index is 12.7. The van der Waals surface area contributed by atoms with Gasteiger partial charge in [0.05, 0.1) is 12.6 Å². The van der Waals surface area contributed by atoms with Gasteiger partial charge in [0.15, 0.2) is 0 Å². The molecule has 1 aromatic heterocycles. The Kier molecular flexibility index (Phi) is 6.21. The number of hydrogen-bond acceptors (Lipinski definition) is 7. The van der Waals surface area contributed by atoms with Gasteiger partial charge in [-0.3, -0.25) is 19.9 Å². The van der Waals surface area contributed by atoms with Gasteiger partial charge in [0.1, 0.15) is 17.0 Å². The fourth-order valence-corrected chi connectivity index (χ4v) is 6.62. The predicted octanol–water partition coefficient (Wildman–Crippen LogP) is 3.53. The molecular weight excluding hydrogens is 491 g/mol. The lowest BCUT2D eigenvalue weighted by atomic mass is 9.94. The van der Waals surface area contributed by atoms with Crippen LogP contribution in [0, 0.1) is 5.92 Å². The van der Waals surface area contributed by atoms with Crippen molar-refractivity contribution in [2.24, 2.45) is 11.0 Å². The summed E-state index contributed by atoms with van der Waals surface area (Å²) in [5, 5.41) is 12.3. The molecule has 3 aliphatic rings. The van der Waals surface area contributed by atoms with Gasteiger partial charge in [-0.1, -0.05) is 29.8 Å². The van der Waals surface area contributed by atoms with Crippen molar-refractivity contribution in [3.8, 4) is 0 Å². The number of nitrogens with zero attached hydrogens (tertiary/aromatic N) is 2. The van der Waals surface area contributed by atoms with Crippen LogP contribution in [0.5, 0.6) is 0 Å². The largest absolute Gasteiger partial charge is 0.522 e. The quantitative estimate of drug-likeness (QED) is 0.533. The number of anilines is 1. The van der Waals surface area contributed by atoms with E-state index in [0.29, 0.717) is 24.4 Å². The topological polar surface area (TPSA) is 78.0 Å². The number of carbonyl (C=O) groups excluding carboxylic acids is 1. The van der Waals surface area contributed by atoms with Gasteiger partial charge in [-0.2, -0.15) is 5.10 Å². The second-order valence-electron chi connectivity index (χ2n) is 8.45. The Bertz CT molecular complexity index is 1140. The van der Waals surface area contributed by atoms with Crippen LogP contribution in [0.4, 0.5) is 18.2 Å². The predicted molar refractivity (Wildman–Crippen MR) is 124 cm³/mol. The SMILES string of the molecule is CC1=NNC2CN[C@H](c3ccccc3Cl)c3c(sc4c3C[C@H](C(=O)NCCOC(F)(F)F)C4)N12. The van der Waals surface area contributed by atoms with Gasteiger partial charge in [-0.25, -0.2) is 0 Å². The number of hydrogen-bond donors (Lipinski definition) is 3. The molecule has 3 atom stereocenters. The summed E-state index contributed by atoms with van der Waals surface area (Å²) in [4.78, 5) is 16.0. The molecule has 2 aromatic rings. The lowest BCUT2D eigenvalue weighted by molar-refractivity contribution is -0.323. The molecular formula is C22H23ClF3N5O2S. The van der Waals surface area contributed by atoms with Crippen molar-refractivity contribution in [3.63, 3.8) is 0 Å². The fraction of sp³-hybridized carbons (Fsp3) is 0.455. The molecule has 1 aliphatic carbocycles. The van der Waals surface area contributed by atoms with Crippen LogP contribution >= 0.6 is 22.9 Å². The normalized spacial score (nSPS) is 23.5. The third-order valence-corrected chi connectivity index (χ3v) is 7.92. The molecule has 0 fully saturated rings. The third kappa shape index (κ3) is 4.37. The zero-order valence-corrected chi connectivity index (χ0v) is 19.8. The van der Waals surface area contributed by atoms with E-state index in [1.54, 1.807) is 11.3 Å². The van der Waals surface area contributed by atoms with Crippen LogP contribution in [0.15, 0.2) is 29.4 Å². The van der Waals surface area contributed by atoms with Crippen molar-refractivity contribution < 1.29 is 22.7 Å². The highest BCUT2D eigenvalue weighted by atomic mass is 35.5. The van der Waals surface area contributed by atoms with Crippen molar-refractivity contribution in [1.82, 2.24) is 16.1 Å². The molecule has 1 amide bonds. The minimum atomic E-state index is -4.70. The Morgan fingerprint density at radius 1 is 1.35 bits per heavy atom. The summed E-state index contributed by atoms with van der Waals surface area (Å²) in [6.07, 6.45) is -3.68. The Morgan fingerprint density at radius 3 is 2.91 bits per heavy atom. The number of alkyl halides is 3. The first kappa shape index (κ1) is 23.4. The number of benzene rings is 1. The second-order valence-corrected chi connectivity index (χ2v) is 9.94. The summed E-state index contributed by atoms with van der Waals surface area (Å²) >= 11 is 8.22. The molecule has 3 N–H and O–H groups in total. The standard InChI is InChI=1S/C22H23ClF3N5O2S/c1-11-29-30-17-10-28-19(13-4-2-3-5-15(13)23)18-14-8-12(9-16(14)34-21(18)31(11)17)20(32)27-6-7-33-22(24,25)26/h2-5,12,17,19,28,30H,6-10H2,1H3,(H,27,32)/t12-,17?,19+/m0/s1. The minimum Gasteiger partial charge on any atom is -0.354 e. The van der Waals surface area contributed by atoms with Crippen molar-refractivity contribution in [1.29, 1.82) is 0 Å². The zero-order chi connectivity index (χ0) is 24.0. The van der Waals surface area contributed by atoms with E-state index in [-0.39, 0.29) is 30.6 Å². The summed E-state index contributed by atoms with van der Waals surface area (Å²) in [6.45, 7) is 1.79. The highest BCUT2D eigenvalue weighted by molar-refractivity contribution is 7.16. The second kappa shape index (κ2) is 9.03. The number of nitrogens with one attached hydrogen (secondary N) is 3. The molecule has 7 nitrogen and oxygen atoms in total. The van der Waals surface area contributed by atoms with E-state index in [2.05, 4.69) is 30.8 Å². The Hall–Kier alpha value is -2.34. The first-order valence-corrected chi connectivity index (χ1v) is 12.1. The van der Waals surface area contributed by atoms with Crippen LogP contribution in [0.3, 0.4) is 0 Å². The molecule has 5 rings (SSSR count). The average Bonchev–Trinajstić information content (AvgIpc) is 3.42. The van der Waals surface area contributed by atoms with Crippen molar-refractivity contribution in [3.05, 3.63) is 50.9 Å². The van der Waals surface area contributed by atoms with Crippen molar-refractivity contribution in [2.75, 3.05) is 24.6 Å². The maximum Gasteiger partial charge on any atom is 0.522 e. The molecule has 0 spiro atoms. The minimum absolute atomic E-state index is 0.0299. The molecule has 0 saturated heterocycles. The van der Waals surface area contributed by atoms with E-state index < -0.39 is 13.0 Å². The fourth-order valence-electron chi connectivity index (χ4n) is 4.83. The van der Waals surface area contributed by atoms with Gasteiger partial charge in [-0.15, -0.1) is 24.5 Å². The maximum atomic E-state index is 12.7. The lowest BCUT2D eigenvalue weighted by Crippen LogP contribution is -2.44. The number of ether oxygens (including phenoxy) is 1. The van der Waals surface area contributed by atoms with Crippen LogP contribution in [0.1, 0.15) is 34.5 Å². The number of hydrazone groups is 1. The van der Waals surface area contributed by atoms with Gasteiger partial charge >= 0.3 is 6.36 Å². The first-order chi connectivity index (χ1) is 16.2. The number of fused-ring (bicyclic) bond motifs is 5. The molecule has 0 saturated carbocycles. The zero-order valence-electron chi connectivity index (χ0n) is 18.2. The molecule has 1 aromatic carbocycles. The first-order valence-electron chi connectivity index (χ1n) is 10.9. The molecule has 12 heteroatoms. The Morgan fingerprint density at radius 2 is 2.15 bits per heavy atom. The van der Waals surface area contributed by atoms with Crippen LogP contribution in [-0.4, -0.2) is 44.0 Å². The summed E-state index contributed by atoms with van der Waals surface area (Å²) in [5.74, 6) is 0.263. The molecule has 0 bridgehead atoms. The van der Waals surface area contributed by atoms with Crippen LogP contribution < -0.4 is 21.0 Å². The molecule has 2 aliphatic heterocycles. The van der Waals surface area contributed by atoms with E-state index >= 15 is 0 Å². The van der Waals surface area contributed by atoms with E-state index in [1.807, 2.05) is 31.2 Å². The number of amides is 1. The summed E-state index contributed by atoms with van der Waals surface area (Å²) in [7, 11) is 0. The molecule has 34 heavy (non-hydrogen) atoms.